The number of hydrogen-bond acceptors (Lipinski definition) is 5. The zero-order valence-electron chi connectivity index (χ0n) is 11.5. The highest BCUT2D eigenvalue weighted by Crippen LogP contribution is 2.48. The molecular formula is C13H22N2O4S. The maximum Gasteiger partial charge on any atom is 0.217 e. The average molecular weight is 302 g/mol. The van der Waals surface area contributed by atoms with E-state index >= 15 is 0 Å². The Labute approximate surface area is 119 Å². The molecule has 0 aromatic carbocycles. The van der Waals surface area contributed by atoms with Crippen LogP contribution in [0.5, 0.6) is 0 Å². The summed E-state index contributed by atoms with van der Waals surface area (Å²) in [6.07, 6.45) is 1.75. The van der Waals surface area contributed by atoms with E-state index in [4.69, 9.17) is 9.47 Å². The lowest BCUT2D eigenvalue weighted by molar-refractivity contribution is -0.0785. The summed E-state index contributed by atoms with van der Waals surface area (Å²) in [5, 5.41) is 3.41. The summed E-state index contributed by atoms with van der Waals surface area (Å²) in [4.78, 5) is 0. The largest absolute Gasteiger partial charge is 0.376 e. The molecule has 4 saturated heterocycles. The second-order valence-electron chi connectivity index (χ2n) is 6.37. The Morgan fingerprint density at radius 2 is 1.80 bits per heavy atom. The molecule has 2 bridgehead atoms. The maximum absolute atomic E-state index is 12.8. The molecule has 0 radical (unpaired) electrons. The molecule has 0 aromatic heterocycles. The number of sulfonamides is 1. The highest BCUT2D eigenvalue weighted by Gasteiger charge is 2.58. The average Bonchev–Trinajstić information content (AvgIpc) is 3.11. The van der Waals surface area contributed by atoms with Gasteiger partial charge in [0.15, 0.2) is 0 Å². The molecular weight excluding hydrogens is 280 g/mol. The maximum atomic E-state index is 12.8. The van der Waals surface area contributed by atoms with Gasteiger partial charge in [0.2, 0.25) is 10.0 Å². The van der Waals surface area contributed by atoms with Crippen molar-refractivity contribution >= 4 is 10.0 Å². The third-order valence-corrected chi connectivity index (χ3v) is 7.29. The van der Waals surface area contributed by atoms with Gasteiger partial charge in [0.1, 0.15) is 0 Å². The lowest BCUT2D eigenvalue weighted by Gasteiger charge is -2.28. The van der Waals surface area contributed by atoms with Crippen LogP contribution >= 0.6 is 0 Å². The van der Waals surface area contributed by atoms with Crippen molar-refractivity contribution in [3.05, 3.63) is 0 Å². The highest BCUT2D eigenvalue weighted by molar-refractivity contribution is 7.89. The molecule has 1 unspecified atom stereocenters. The molecule has 4 heterocycles. The topological polar surface area (TPSA) is 67.9 Å². The van der Waals surface area contributed by atoms with Crippen LogP contribution in [-0.2, 0) is 19.5 Å². The molecule has 4 aliphatic heterocycles. The van der Waals surface area contributed by atoms with Gasteiger partial charge in [-0.05, 0) is 37.8 Å². The molecule has 20 heavy (non-hydrogen) atoms. The van der Waals surface area contributed by atoms with Crippen LogP contribution in [0.2, 0.25) is 0 Å². The smallest absolute Gasteiger partial charge is 0.217 e. The summed E-state index contributed by atoms with van der Waals surface area (Å²) in [6, 6.07) is 0.434. The first-order chi connectivity index (χ1) is 9.67. The monoisotopic (exact) mass is 302 g/mol. The molecule has 7 heteroatoms. The molecule has 4 fully saturated rings. The number of nitrogens with zero attached hydrogens (tertiary/aromatic N) is 1. The van der Waals surface area contributed by atoms with Crippen molar-refractivity contribution in [2.75, 3.05) is 38.7 Å². The Morgan fingerprint density at radius 1 is 1.10 bits per heavy atom. The van der Waals surface area contributed by atoms with Crippen molar-refractivity contribution in [1.82, 2.24) is 9.62 Å². The van der Waals surface area contributed by atoms with Crippen LogP contribution in [0.3, 0.4) is 0 Å². The van der Waals surface area contributed by atoms with Crippen LogP contribution < -0.4 is 5.32 Å². The Balaban J connectivity index is 1.52. The summed E-state index contributed by atoms with van der Waals surface area (Å²) < 4.78 is 38.2. The second kappa shape index (κ2) is 4.91. The van der Waals surface area contributed by atoms with Crippen LogP contribution in [0, 0.1) is 11.8 Å². The van der Waals surface area contributed by atoms with Gasteiger partial charge in [-0.3, -0.25) is 0 Å². The third kappa shape index (κ3) is 2.02. The highest BCUT2D eigenvalue weighted by atomic mass is 32.2. The van der Waals surface area contributed by atoms with Crippen LogP contribution in [0.1, 0.15) is 12.8 Å². The summed E-state index contributed by atoms with van der Waals surface area (Å²) in [7, 11) is -3.24. The predicted octanol–water partition coefficient (Wildman–Crippen LogP) is -0.586. The number of ether oxygens (including phenoxy) is 2. The van der Waals surface area contributed by atoms with Crippen LogP contribution in [0.25, 0.3) is 0 Å². The molecule has 0 aromatic rings. The minimum absolute atomic E-state index is 0.0763. The minimum atomic E-state index is -3.24. The Kier molecular flexibility index (Phi) is 3.30. The van der Waals surface area contributed by atoms with E-state index in [1.54, 1.807) is 0 Å². The summed E-state index contributed by atoms with van der Waals surface area (Å²) in [5.41, 5.74) is 0. The fourth-order valence-electron chi connectivity index (χ4n) is 4.58. The molecule has 1 N–H and O–H groups in total. The van der Waals surface area contributed by atoms with E-state index in [0.717, 1.165) is 25.9 Å². The normalized spacial score (nSPS) is 44.9. The van der Waals surface area contributed by atoms with Crippen LogP contribution in [0.15, 0.2) is 0 Å². The van der Waals surface area contributed by atoms with Crippen molar-refractivity contribution < 1.29 is 17.9 Å². The number of nitrogens with one attached hydrogen (secondary N) is 1. The molecule has 0 saturated carbocycles. The molecule has 0 aliphatic carbocycles. The zero-order chi connectivity index (χ0) is 13.7. The third-order valence-electron chi connectivity index (χ3n) is 5.31. The van der Waals surface area contributed by atoms with Crippen LogP contribution in [0.4, 0.5) is 0 Å². The van der Waals surface area contributed by atoms with Gasteiger partial charge in [0, 0.05) is 12.1 Å². The van der Waals surface area contributed by atoms with E-state index in [1.807, 2.05) is 4.31 Å². The van der Waals surface area contributed by atoms with Crippen LogP contribution in [-0.4, -0.2) is 69.6 Å². The summed E-state index contributed by atoms with van der Waals surface area (Å²) in [6.45, 7) is 3.42. The number of fused-ring (bicyclic) bond motifs is 5. The fourth-order valence-corrected chi connectivity index (χ4v) is 6.76. The van der Waals surface area contributed by atoms with Crippen molar-refractivity contribution in [2.24, 2.45) is 11.8 Å². The van der Waals surface area contributed by atoms with Crippen molar-refractivity contribution in [2.45, 2.75) is 31.0 Å². The van der Waals surface area contributed by atoms with Crippen molar-refractivity contribution in [3.63, 3.8) is 0 Å². The first-order valence-electron chi connectivity index (χ1n) is 7.58. The van der Waals surface area contributed by atoms with Gasteiger partial charge in [-0.25, -0.2) is 8.42 Å². The van der Waals surface area contributed by atoms with Gasteiger partial charge < -0.3 is 14.8 Å². The summed E-state index contributed by atoms with van der Waals surface area (Å²) >= 11 is 0. The Bertz CT molecular complexity index is 459. The van der Waals surface area contributed by atoms with Gasteiger partial charge in [-0.15, -0.1) is 0 Å². The van der Waals surface area contributed by atoms with E-state index in [-0.39, 0.29) is 23.9 Å². The second-order valence-corrected chi connectivity index (χ2v) is 8.29. The predicted molar refractivity (Wildman–Crippen MR) is 72.8 cm³/mol. The quantitative estimate of drug-likeness (QED) is 0.755. The van der Waals surface area contributed by atoms with Gasteiger partial charge in [0.05, 0.1) is 31.7 Å². The standard InChI is InChI=1S/C13H22N2O4S/c16-20(17,8-9-7-18-3-4-19-9)15-12-1-2-13(15)11-6-14-5-10(11)12/h9-14H,1-8H2/t9?,10-,11+,12-,13+. The molecule has 0 amide bonds. The minimum Gasteiger partial charge on any atom is -0.376 e. The summed E-state index contributed by atoms with van der Waals surface area (Å²) in [5.74, 6) is 1.12. The number of rotatable bonds is 3. The number of hydrogen-bond donors (Lipinski definition) is 1. The molecule has 4 rings (SSSR count). The first kappa shape index (κ1) is 13.5. The van der Waals surface area contributed by atoms with E-state index in [1.165, 1.54) is 0 Å². The van der Waals surface area contributed by atoms with E-state index in [0.29, 0.717) is 31.7 Å². The fraction of sp³-hybridized carbons (Fsp3) is 1.00. The molecule has 6 nitrogen and oxygen atoms in total. The van der Waals surface area contributed by atoms with Gasteiger partial charge in [-0.2, -0.15) is 4.31 Å². The molecule has 5 atom stereocenters. The Morgan fingerprint density at radius 3 is 2.40 bits per heavy atom. The Hall–Kier alpha value is -0.210. The van der Waals surface area contributed by atoms with E-state index in [2.05, 4.69) is 5.32 Å². The van der Waals surface area contributed by atoms with Crippen molar-refractivity contribution in [3.8, 4) is 0 Å². The lowest BCUT2D eigenvalue weighted by Crippen LogP contribution is -2.45. The lowest BCUT2D eigenvalue weighted by atomic mass is 9.82. The first-order valence-corrected chi connectivity index (χ1v) is 9.19. The molecule has 0 spiro atoms. The van der Waals surface area contributed by atoms with E-state index < -0.39 is 10.0 Å². The molecule has 4 aliphatic rings. The van der Waals surface area contributed by atoms with Crippen molar-refractivity contribution in [1.29, 1.82) is 0 Å². The van der Waals surface area contributed by atoms with Gasteiger partial charge in [0.25, 0.3) is 0 Å². The zero-order valence-corrected chi connectivity index (χ0v) is 12.3. The van der Waals surface area contributed by atoms with Gasteiger partial charge >= 0.3 is 0 Å². The van der Waals surface area contributed by atoms with Gasteiger partial charge in [-0.1, -0.05) is 0 Å². The molecule has 114 valence electrons. The van der Waals surface area contributed by atoms with E-state index in [9.17, 15) is 8.42 Å². The SMILES string of the molecule is O=S(=O)(CC1COCCO1)N1[C@@H]2CC[C@H]1[C@H]1CNC[C@H]12.